The van der Waals surface area contributed by atoms with Crippen molar-refractivity contribution in [3.8, 4) is 0 Å². The number of ether oxygens (including phenoxy) is 5. The fourth-order valence-corrected chi connectivity index (χ4v) is 3.05. The highest BCUT2D eigenvalue weighted by Crippen LogP contribution is 2.25. The quantitative estimate of drug-likeness (QED) is 0.233. The number of rotatable bonds is 13. The first-order chi connectivity index (χ1) is 14.5. The molecule has 0 unspecified atom stereocenters. The maximum absolute atomic E-state index is 10.9. The third-order valence-electron chi connectivity index (χ3n) is 4.49. The summed E-state index contributed by atoms with van der Waals surface area (Å²) < 4.78 is 28.7. The number of carbonyl (C=O) groups is 1. The van der Waals surface area contributed by atoms with E-state index < -0.39 is 37.2 Å². The summed E-state index contributed by atoms with van der Waals surface area (Å²) in [7, 11) is 1.53. The molecule has 10 heteroatoms. The molecule has 10 nitrogen and oxygen atoms in total. The molecule has 0 aliphatic carbocycles. The second-order valence-electron chi connectivity index (χ2n) is 6.79. The fourth-order valence-electron chi connectivity index (χ4n) is 3.05. The van der Waals surface area contributed by atoms with Gasteiger partial charge >= 0.3 is 5.97 Å². The SMILES string of the molecule is CO[C@@H]1[C@H](OCCCCN=C(N)N)OC[C@@H](OCC(=O)O)[C@H]1OCc1ccccc1. The summed E-state index contributed by atoms with van der Waals surface area (Å²) in [6.07, 6.45) is -0.906. The van der Waals surface area contributed by atoms with Crippen LogP contribution in [-0.2, 0) is 35.1 Å². The van der Waals surface area contributed by atoms with Crippen LogP contribution >= 0.6 is 0 Å². The van der Waals surface area contributed by atoms with Gasteiger partial charge in [0.1, 0.15) is 24.9 Å². The van der Waals surface area contributed by atoms with E-state index >= 15 is 0 Å². The van der Waals surface area contributed by atoms with E-state index in [0.29, 0.717) is 19.8 Å². The molecule has 1 aliphatic rings. The van der Waals surface area contributed by atoms with Crippen molar-refractivity contribution in [1.82, 2.24) is 0 Å². The Balaban J connectivity index is 1.94. The second kappa shape index (κ2) is 13.1. The van der Waals surface area contributed by atoms with Gasteiger partial charge in [-0.25, -0.2) is 4.79 Å². The van der Waals surface area contributed by atoms with Gasteiger partial charge in [-0.2, -0.15) is 0 Å². The molecule has 1 saturated heterocycles. The van der Waals surface area contributed by atoms with Crippen molar-refractivity contribution in [3.63, 3.8) is 0 Å². The van der Waals surface area contributed by atoms with Crippen molar-refractivity contribution in [2.75, 3.05) is 33.5 Å². The summed E-state index contributed by atoms with van der Waals surface area (Å²) in [6, 6.07) is 9.65. The maximum Gasteiger partial charge on any atom is 0.329 e. The number of carboxylic acid groups (broad SMARTS) is 1. The topological polar surface area (TPSA) is 148 Å². The van der Waals surface area contributed by atoms with Crippen molar-refractivity contribution in [3.05, 3.63) is 35.9 Å². The standard InChI is InChI=1S/C20H31N3O7/c1-26-18-17(29-11-14-7-3-2-4-8-14)15(28-13-16(24)25)12-30-19(18)27-10-6-5-9-23-20(21)22/h2-4,7-8,15,17-19H,5-6,9-13H2,1H3,(H,24,25)(H4,21,22,23)/t15-,17-,18+,19-/m1/s1. The minimum absolute atomic E-state index is 0.0665. The molecule has 1 aliphatic heterocycles. The smallest absolute Gasteiger partial charge is 0.329 e. The van der Waals surface area contributed by atoms with Crippen molar-refractivity contribution in [1.29, 1.82) is 0 Å². The highest BCUT2D eigenvalue weighted by atomic mass is 16.7. The van der Waals surface area contributed by atoms with E-state index in [1.165, 1.54) is 7.11 Å². The third kappa shape index (κ3) is 8.25. The average Bonchev–Trinajstić information content (AvgIpc) is 2.73. The van der Waals surface area contributed by atoms with Crippen LogP contribution in [-0.4, -0.2) is 75.1 Å². The van der Waals surface area contributed by atoms with Crippen LogP contribution < -0.4 is 11.5 Å². The number of unbranched alkanes of at least 4 members (excludes halogenated alkanes) is 1. The lowest BCUT2D eigenvalue weighted by Gasteiger charge is -2.41. The van der Waals surface area contributed by atoms with Crippen molar-refractivity contribution in [2.45, 2.75) is 44.1 Å². The summed E-state index contributed by atoms with van der Waals surface area (Å²) >= 11 is 0. The van der Waals surface area contributed by atoms with Crippen molar-refractivity contribution >= 4 is 11.9 Å². The van der Waals surface area contributed by atoms with E-state index in [2.05, 4.69) is 4.99 Å². The van der Waals surface area contributed by atoms with Crippen LogP contribution in [0.5, 0.6) is 0 Å². The first-order valence-corrected chi connectivity index (χ1v) is 9.81. The van der Waals surface area contributed by atoms with E-state index in [0.717, 1.165) is 18.4 Å². The summed E-state index contributed by atoms with van der Waals surface area (Å²) in [4.78, 5) is 14.9. The van der Waals surface area contributed by atoms with Gasteiger partial charge in [0.2, 0.25) is 0 Å². The van der Waals surface area contributed by atoms with E-state index in [-0.39, 0.29) is 12.6 Å². The molecule has 1 aromatic carbocycles. The number of hydrogen-bond donors (Lipinski definition) is 3. The Bertz CT molecular complexity index is 655. The minimum atomic E-state index is -1.06. The molecule has 1 fully saturated rings. The summed E-state index contributed by atoms with van der Waals surface area (Å²) in [5.74, 6) is -0.998. The first-order valence-electron chi connectivity index (χ1n) is 9.81. The fraction of sp³-hybridized carbons (Fsp3) is 0.600. The van der Waals surface area contributed by atoms with Gasteiger partial charge in [0, 0.05) is 20.3 Å². The van der Waals surface area contributed by atoms with Gasteiger partial charge in [0.05, 0.1) is 13.2 Å². The Morgan fingerprint density at radius 2 is 1.93 bits per heavy atom. The Kier molecular flexibility index (Phi) is 10.5. The van der Waals surface area contributed by atoms with Crippen molar-refractivity contribution < 1.29 is 33.6 Å². The van der Waals surface area contributed by atoms with Gasteiger partial charge < -0.3 is 40.3 Å². The number of nitrogens with zero attached hydrogens (tertiary/aromatic N) is 1. The number of guanidine groups is 1. The molecule has 5 N–H and O–H groups in total. The predicted octanol–water partition coefficient (Wildman–Crippen LogP) is 0.483. The van der Waals surface area contributed by atoms with Gasteiger partial charge in [0.15, 0.2) is 12.2 Å². The zero-order valence-corrected chi connectivity index (χ0v) is 17.1. The lowest BCUT2D eigenvalue weighted by Crippen LogP contribution is -2.56. The lowest BCUT2D eigenvalue weighted by atomic mass is 10.0. The van der Waals surface area contributed by atoms with Crippen LogP contribution in [0, 0.1) is 0 Å². The number of hydrogen-bond acceptors (Lipinski definition) is 7. The van der Waals surface area contributed by atoms with E-state index in [1.807, 2.05) is 30.3 Å². The average molecular weight is 425 g/mol. The zero-order chi connectivity index (χ0) is 21.8. The molecule has 0 spiro atoms. The Hall–Kier alpha value is -2.24. The van der Waals surface area contributed by atoms with Crippen LogP contribution in [0.4, 0.5) is 0 Å². The Morgan fingerprint density at radius 3 is 2.60 bits per heavy atom. The molecule has 0 aromatic heterocycles. The number of methoxy groups -OCH3 is 1. The molecule has 4 atom stereocenters. The largest absolute Gasteiger partial charge is 0.480 e. The third-order valence-corrected chi connectivity index (χ3v) is 4.49. The normalized spacial score (nSPS) is 23.8. The summed E-state index contributed by atoms with van der Waals surface area (Å²) in [5.41, 5.74) is 11.6. The van der Waals surface area contributed by atoms with Gasteiger partial charge in [-0.1, -0.05) is 30.3 Å². The number of nitrogens with two attached hydrogens (primary N) is 2. The molecule has 0 bridgehead atoms. The van der Waals surface area contributed by atoms with Crippen LogP contribution in [0.1, 0.15) is 18.4 Å². The van der Waals surface area contributed by atoms with Gasteiger partial charge in [0.25, 0.3) is 0 Å². The van der Waals surface area contributed by atoms with Crippen molar-refractivity contribution in [2.24, 2.45) is 16.5 Å². The van der Waals surface area contributed by atoms with E-state index in [9.17, 15) is 4.79 Å². The number of benzene rings is 1. The van der Waals surface area contributed by atoms with Crippen LogP contribution in [0.3, 0.4) is 0 Å². The Morgan fingerprint density at radius 1 is 1.17 bits per heavy atom. The van der Waals surface area contributed by atoms with Crippen LogP contribution in [0.25, 0.3) is 0 Å². The molecule has 0 amide bonds. The highest BCUT2D eigenvalue weighted by molar-refractivity contribution is 5.75. The zero-order valence-electron chi connectivity index (χ0n) is 17.1. The molecule has 1 aromatic rings. The molecular formula is C20H31N3O7. The Labute approximate surface area is 176 Å². The minimum Gasteiger partial charge on any atom is -0.480 e. The molecule has 2 rings (SSSR count). The number of carboxylic acids is 1. The van der Waals surface area contributed by atoms with E-state index in [1.54, 1.807) is 0 Å². The monoisotopic (exact) mass is 425 g/mol. The molecule has 168 valence electrons. The summed E-state index contributed by atoms with van der Waals surface area (Å²) in [5, 5.41) is 8.95. The van der Waals surface area contributed by atoms with Gasteiger partial charge in [-0.15, -0.1) is 0 Å². The highest BCUT2D eigenvalue weighted by Gasteiger charge is 2.43. The van der Waals surface area contributed by atoms with Crippen LogP contribution in [0.2, 0.25) is 0 Å². The van der Waals surface area contributed by atoms with Gasteiger partial charge in [-0.05, 0) is 18.4 Å². The maximum atomic E-state index is 10.9. The predicted molar refractivity (Wildman–Crippen MR) is 109 cm³/mol. The summed E-state index contributed by atoms with van der Waals surface area (Å²) in [6.45, 7) is 0.955. The van der Waals surface area contributed by atoms with Crippen LogP contribution in [0.15, 0.2) is 35.3 Å². The number of aliphatic carboxylic acids is 1. The lowest BCUT2D eigenvalue weighted by molar-refractivity contribution is -0.291. The first kappa shape index (κ1) is 24.0. The second-order valence-corrected chi connectivity index (χ2v) is 6.79. The molecular weight excluding hydrogens is 394 g/mol. The van der Waals surface area contributed by atoms with Gasteiger partial charge in [-0.3, -0.25) is 4.99 Å². The number of aliphatic imine (C=N–C) groups is 1. The molecule has 1 heterocycles. The molecule has 30 heavy (non-hydrogen) atoms. The van der Waals surface area contributed by atoms with E-state index in [4.69, 9.17) is 40.3 Å². The molecule has 0 saturated carbocycles. The molecule has 0 radical (unpaired) electrons.